The smallest absolute Gasteiger partial charge is 0.0309 e. The zero-order chi connectivity index (χ0) is 13.4. The van der Waals surface area contributed by atoms with Gasteiger partial charge in [-0.15, -0.1) is 0 Å². The summed E-state index contributed by atoms with van der Waals surface area (Å²) in [5.74, 6) is 0.749. The van der Waals surface area contributed by atoms with Crippen LogP contribution in [-0.4, -0.2) is 36.1 Å². The fourth-order valence-electron chi connectivity index (χ4n) is 3.40. The maximum atomic E-state index is 3.85. The molecule has 1 saturated heterocycles. The van der Waals surface area contributed by atoms with Crippen LogP contribution in [0.2, 0.25) is 0 Å². The maximum absolute atomic E-state index is 3.85. The first-order valence-electron chi connectivity index (χ1n) is 7.84. The van der Waals surface area contributed by atoms with Crippen molar-refractivity contribution < 1.29 is 0 Å². The van der Waals surface area contributed by atoms with E-state index < -0.39 is 0 Å². The zero-order valence-corrected chi connectivity index (χ0v) is 13.1. The van der Waals surface area contributed by atoms with Gasteiger partial charge >= 0.3 is 0 Å². The van der Waals surface area contributed by atoms with Crippen molar-refractivity contribution in [1.82, 2.24) is 10.2 Å². The van der Waals surface area contributed by atoms with Crippen LogP contribution in [-0.2, 0) is 0 Å². The maximum Gasteiger partial charge on any atom is 0.0309 e. The fourth-order valence-corrected chi connectivity index (χ4v) is 3.40. The molecule has 0 aromatic rings. The van der Waals surface area contributed by atoms with Gasteiger partial charge in [-0.3, -0.25) is 4.90 Å². The predicted octanol–water partition coefficient (Wildman–Crippen LogP) is 3.28. The largest absolute Gasteiger partial charge is 0.308 e. The van der Waals surface area contributed by atoms with Crippen LogP contribution >= 0.6 is 0 Å². The Morgan fingerprint density at radius 3 is 2.44 bits per heavy atom. The van der Waals surface area contributed by atoms with Gasteiger partial charge in [-0.2, -0.15) is 0 Å². The van der Waals surface area contributed by atoms with E-state index in [0.29, 0.717) is 17.0 Å². The van der Waals surface area contributed by atoms with Gasteiger partial charge in [0.05, 0.1) is 0 Å². The Morgan fingerprint density at radius 2 is 1.89 bits per heavy atom. The first-order valence-corrected chi connectivity index (χ1v) is 7.84. The van der Waals surface area contributed by atoms with E-state index in [2.05, 4.69) is 44.8 Å². The third-order valence-electron chi connectivity index (χ3n) is 5.64. The molecule has 1 spiro atoms. The van der Waals surface area contributed by atoms with Gasteiger partial charge in [0.2, 0.25) is 0 Å². The van der Waals surface area contributed by atoms with E-state index >= 15 is 0 Å². The van der Waals surface area contributed by atoms with Crippen LogP contribution in [0.25, 0.3) is 0 Å². The standard InChI is InChI=1S/C16H32N2/c1-13(2)15(4,5)11-18-12-16(8-6-7-9-16)17-10-14(18)3/h13-14,17H,6-12H2,1-5H3. The summed E-state index contributed by atoms with van der Waals surface area (Å²) in [5.41, 5.74) is 0.880. The van der Waals surface area contributed by atoms with Gasteiger partial charge in [0, 0.05) is 31.2 Å². The van der Waals surface area contributed by atoms with Crippen molar-refractivity contribution in [2.45, 2.75) is 71.9 Å². The molecule has 18 heavy (non-hydrogen) atoms. The Bertz CT molecular complexity index is 275. The molecule has 0 bridgehead atoms. The van der Waals surface area contributed by atoms with Crippen molar-refractivity contribution in [3.63, 3.8) is 0 Å². The third-order valence-corrected chi connectivity index (χ3v) is 5.64. The van der Waals surface area contributed by atoms with Gasteiger partial charge in [0.1, 0.15) is 0 Å². The molecule has 1 heterocycles. The summed E-state index contributed by atoms with van der Waals surface area (Å²) in [7, 11) is 0. The Balaban J connectivity index is 2.02. The van der Waals surface area contributed by atoms with Crippen LogP contribution in [0.3, 0.4) is 0 Å². The summed E-state index contributed by atoms with van der Waals surface area (Å²) in [6.45, 7) is 15.6. The molecule has 0 radical (unpaired) electrons. The van der Waals surface area contributed by atoms with E-state index in [1.54, 1.807) is 0 Å². The molecular formula is C16H32N2. The van der Waals surface area contributed by atoms with E-state index in [1.165, 1.54) is 45.3 Å². The Hall–Kier alpha value is -0.0800. The van der Waals surface area contributed by atoms with Crippen molar-refractivity contribution in [3.05, 3.63) is 0 Å². The van der Waals surface area contributed by atoms with Crippen molar-refractivity contribution in [2.75, 3.05) is 19.6 Å². The number of nitrogens with one attached hydrogen (secondary N) is 1. The first-order chi connectivity index (χ1) is 8.35. The van der Waals surface area contributed by atoms with E-state index in [-0.39, 0.29) is 0 Å². The van der Waals surface area contributed by atoms with Crippen LogP contribution in [0.5, 0.6) is 0 Å². The monoisotopic (exact) mass is 252 g/mol. The van der Waals surface area contributed by atoms with E-state index in [4.69, 9.17) is 0 Å². The molecule has 1 saturated carbocycles. The van der Waals surface area contributed by atoms with E-state index in [1.807, 2.05) is 0 Å². The third kappa shape index (κ3) is 2.91. The van der Waals surface area contributed by atoms with Crippen LogP contribution in [0.4, 0.5) is 0 Å². The van der Waals surface area contributed by atoms with Crippen molar-refractivity contribution in [1.29, 1.82) is 0 Å². The van der Waals surface area contributed by atoms with Crippen LogP contribution in [0.15, 0.2) is 0 Å². The topological polar surface area (TPSA) is 15.3 Å². The zero-order valence-electron chi connectivity index (χ0n) is 13.1. The average Bonchev–Trinajstić information content (AvgIpc) is 2.72. The summed E-state index contributed by atoms with van der Waals surface area (Å²) < 4.78 is 0. The summed E-state index contributed by atoms with van der Waals surface area (Å²) in [6.07, 6.45) is 5.61. The highest BCUT2D eigenvalue weighted by Gasteiger charge is 2.41. The molecule has 1 unspecified atom stereocenters. The van der Waals surface area contributed by atoms with Gasteiger partial charge in [-0.05, 0) is 31.1 Å². The molecular weight excluding hydrogens is 220 g/mol. The van der Waals surface area contributed by atoms with Crippen molar-refractivity contribution >= 4 is 0 Å². The highest BCUT2D eigenvalue weighted by molar-refractivity contribution is 5.01. The number of hydrogen-bond acceptors (Lipinski definition) is 2. The predicted molar refractivity (Wildman–Crippen MR) is 78.9 cm³/mol. The minimum atomic E-state index is 0.422. The van der Waals surface area contributed by atoms with Crippen molar-refractivity contribution in [2.24, 2.45) is 11.3 Å². The summed E-state index contributed by atoms with van der Waals surface area (Å²) >= 11 is 0. The number of hydrogen-bond donors (Lipinski definition) is 1. The minimum Gasteiger partial charge on any atom is -0.308 e. The van der Waals surface area contributed by atoms with Gasteiger partial charge in [-0.1, -0.05) is 40.5 Å². The minimum absolute atomic E-state index is 0.422. The fraction of sp³-hybridized carbons (Fsp3) is 1.00. The molecule has 1 N–H and O–H groups in total. The molecule has 2 aliphatic rings. The second-order valence-electron chi connectivity index (χ2n) is 7.77. The lowest BCUT2D eigenvalue weighted by molar-refractivity contribution is 0.0407. The molecule has 2 rings (SSSR count). The van der Waals surface area contributed by atoms with Crippen molar-refractivity contribution in [3.8, 4) is 0 Å². The van der Waals surface area contributed by atoms with Gasteiger partial charge in [-0.25, -0.2) is 0 Å². The van der Waals surface area contributed by atoms with Gasteiger partial charge in [0.15, 0.2) is 0 Å². The molecule has 0 aromatic carbocycles. The lowest BCUT2D eigenvalue weighted by atomic mass is 9.79. The van der Waals surface area contributed by atoms with E-state index in [9.17, 15) is 0 Å². The molecule has 1 aliphatic heterocycles. The normalized spacial score (nSPS) is 29.3. The summed E-state index contributed by atoms with van der Waals surface area (Å²) in [5, 5.41) is 3.85. The molecule has 106 valence electrons. The highest BCUT2D eigenvalue weighted by Crippen LogP contribution is 2.35. The lowest BCUT2D eigenvalue weighted by Gasteiger charge is -2.48. The van der Waals surface area contributed by atoms with Crippen LogP contribution in [0.1, 0.15) is 60.3 Å². The Kier molecular flexibility index (Phi) is 4.08. The Morgan fingerprint density at radius 1 is 1.28 bits per heavy atom. The summed E-state index contributed by atoms with van der Waals surface area (Å²) in [6, 6.07) is 0.689. The summed E-state index contributed by atoms with van der Waals surface area (Å²) in [4.78, 5) is 2.75. The quantitative estimate of drug-likeness (QED) is 0.829. The molecule has 0 amide bonds. The lowest BCUT2D eigenvalue weighted by Crippen LogP contribution is -2.63. The van der Waals surface area contributed by atoms with Gasteiger partial charge < -0.3 is 5.32 Å². The highest BCUT2D eigenvalue weighted by atomic mass is 15.3. The number of rotatable bonds is 3. The second kappa shape index (κ2) is 5.13. The molecule has 2 fully saturated rings. The SMILES string of the molecule is CC1CNC2(CCCC2)CN1CC(C)(C)C(C)C. The molecule has 2 heteroatoms. The van der Waals surface area contributed by atoms with Crippen LogP contribution in [0, 0.1) is 11.3 Å². The number of nitrogens with zero attached hydrogens (tertiary/aromatic N) is 1. The Labute approximate surface area is 114 Å². The molecule has 2 nitrogen and oxygen atoms in total. The first kappa shape index (κ1) is 14.3. The molecule has 1 atom stereocenters. The average molecular weight is 252 g/mol. The van der Waals surface area contributed by atoms with Gasteiger partial charge in [0.25, 0.3) is 0 Å². The van der Waals surface area contributed by atoms with Crippen LogP contribution < -0.4 is 5.32 Å². The second-order valence-corrected chi connectivity index (χ2v) is 7.77. The molecule has 1 aliphatic carbocycles. The molecule has 0 aromatic heterocycles. The number of piperazine rings is 1. The van der Waals surface area contributed by atoms with E-state index in [0.717, 1.165) is 5.92 Å².